The standard InChI is InChI=1S/C12H21NO5/c1-12(2,3)18-11(15)13-6-5-7-17-9(8-13)10(14)16-4/h9H,5-8H2,1-4H3. The third kappa shape index (κ3) is 4.52. The van der Waals surface area contributed by atoms with Crippen LogP contribution in [0.5, 0.6) is 0 Å². The van der Waals surface area contributed by atoms with Gasteiger partial charge in [0, 0.05) is 13.2 Å². The Morgan fingerprint density at radius 2 is 2.00 bits per heavy atom. The van der Waals surface area contributed by atoms with Gasteiger partial charge in [0.05, 0.1) is 13.7 Å². The molecule has 104 valence electrons. The van der Waals surface area contributed by atoms with Crippen molar-refractivity contribution in [2.45, 2.75) is 38.9 Å². The molecule has 1 saturated heterocycles. The summed E-state index contributed by atoms with van der Waals surface area (Å²) in [5.74, 6) is -0.467. The third-order valence-corrected chi connectivity index (χ3v) is 2.39. The normalized spacial score (nSPS) is 21.1. The van der Waals surface area contributed by atoms with Crippen LogP contribution in [0.25, 0.3) is 0 Å². The number of carbonyl (C=O) groups is 2. The number of carbonyl (C=O) groups excluding carboxylic acids is 2. The van der Waals surface area contributed by atoms with Gasteiger partial charge >= 0.3 is 12.1 Å². The van der Waals surface area contributed by atoms with E-state index >= 15 is 0 Å². The zero-order valence-electron chi connectivity index (χ0n) is 11.4. The molecule has 0 saturated carbocycles. The van der Waals surface area contributed by atoms with Gasteiger partial charge in [-0.1, -0.05) is 0 Å². The first kappa shape index (κ1) is 14.8. The SMILES string of the molecule is COC(=O)C1CN(C(=O)OC(C)(C)C)CCCO1. The zero-order valence-corrected chi connectivity index (χ0v) is 11.4. The van der Waals surface area contributed by atoms with Crippen LogP contribution < -0.4 is 0 Å². The second-order valence-electron chi connectivity index (χ2n) is 5.16. The van der Waals surface area contributed by atoms with Gasteiger partial charge in [-0.05, 0) is 27.2 Å². The first-order chi connectivity index (χ1) is 8.33. The maximum Gasteiger partial charge on any atom is 0.410 e. The van der Waals surface area contributed by atoms with E-state index in [1.165, 1.54) is 12.0 Å². The van der Waals surface area contributed by atoms with Gasteiger partial charge in [0.15, 0.2) is 6.10 Å². The highest BCUT2D eigenvalue weighted by molar-refractivity contribution is 5.76. The molecule has 6 heteroatoms. The number of hydrogen-bond acceptors (Lipinski definition) is 5. The largest absolute Gasteiger partial charge is 0.467 e. The third-order valence-electron chi connectivity index (χ3n) is 2.39. The number of esters is 1. The van der Waals surface area contributed by atoms with E-state index in [1.54, 1.807) is 20.8 Å². The minimum absolute atomic E-state index is 0.168. The lowest BCUT2D eigenvalue weighted by Gasteiger charge is -2.27. The molecule has 18 heavy (non-hydrogen) atoms. The van der Waals surface area contributed by atoms with Gasteiger partial charge < -0.3 is 19.1 Å². The van der Waals surface area contributed by atoms with E-state index in [4.69, 9.17) is 9.47 Å². The van der Waals surface area contributed by atoms with E-state index in [9.17, 15) is 9.59 Å². The number of rotatable bonds is 1. The molecule has 6 nitrogen and oxygen atoms in total. The van der Waals surface area contributed by atoms with Gasteiger partial charge in [0.1, 0.15) is 5.60 Å². The smallest absolute Gasteiger partial charge is 0.410 e. The Morgan fingerprint density at radius 3 is 2.56 bits per heavy atom. The summed E-state index contributed by atoms with van der Waals surface area (Å²) in [5.41, 5.74) is -0.551. The van der Waals surface area contributed by atoms with Gasteiger partial charge in [0.25, 0.3) is 0 Å². The van der Waals surface area contributed by atoms with Gasteiger partial charge in [-0.2, -0.15) is 0 Å². The van der Waals surface area contributed by atoms with Crippen molar-refractivity contribution in [1.29, 1.82) is 0 Å². The highest BCUT2D eigenvalue weighted by Crippen LogP contribution is 2.13. The molecular formula is C12H21NO5. The van der Waals surface area contributed by atoms with Crippen molar-refractivity contribution < 1.29 is 23.8 Å². The molecule has 0 bridgehead atoms. The molecule has 1 rings (SSSR count). The zero-order chi connectivity index (χ0) is 13.8. The topological polar surface area (TPSA) is 65.1 Å². The minimum atomic E-state index is -0.731. The lowest BCUT2D eigenvalue weighted by molar-refractivity contribution is -0.153. The maximum atomic E-state index is 11.9. The summed E-state index contributed by atoms with van der Waals surface area (Å²) in [6.07, 6.45) is -0.487. The summed E-state index contributed by atoms with van der Waals surface area (Å²) in [5, 5.41) is 0. The quantitative estimate of drug-likeness (QED) is 0.662. The fourth-order valence-electron chi connectivity index (χ4n) is 1.59. The van der Waals surface area contributed by atoms with Crippen molar-refractivity contribution in [3.05, 3.63) is 0 Å². The summed E-state index contributed by atoms with van der Waals surface area (Å²) in [6.45, 7) is 6.52. The van der Waals surface area contributed by atoms with E-state index < -0.39 is 23.8 Å². The first-order valence-corrected chi connectivity index (χ1v) is 6.01. The molecule has 1 fully saturated rings. The Labute approximate surface area is 107 Å². The van der Waals surface area contributed by atoms with Crippen LogP contribution in [0, 0.1) is 0 Å². The van der Waals surface area contributed by atoms with Gasteiger partial charge in [-0.3, -0.25) is 0 Å². The Kier molecular flexibility index (Phi) is 4.95. The van der Waals surface area contributed by atoms with Gasteiger partial charge in [0.2, 0.25) is 0 Å². The van der Waals surface area contributed by atoms with Gasteiger partial charge in [-0.25, -0.2) is 9.59 Å². The number of hydrogen-bond donors (Lipinski definition) is 0. The number of ether oxygens (including phenoxy) is 3. The van der Waals surface area contributed by atoms with Crippen LogP contribution in [-0.2, 0) is 19.0 Å². The van der Waals surface area contributed by atoms with Crippen LogP contribution in [0.4, 0.5) is 4.79 Å². The van der Waals surface area contributed by atoms with Gasteiger partial charge in [-0.15, -0.1) is 0 Å². The molecule has 0 aromatic carbocycles. The number of amides is 1. The predicted molar refractivity (Wildman–Crippen MR) is 64.2 cm³/mol. The highest BCUT2D eigenvalue weighted by Gasteiger charge is 2.30. The number of nitrogens with zero attached hydrogens (tertiary/aromatic N) is 1. The Balaban J connectivity index is 2.64. The molecule has 0 aromatic rings. The lowest BCUT2D eigenvalue weighted by Crippen LogP contribution is -2.43. The molecule has 1 heterocycles. The maximum absolute atomic E-state index is 11.9. The van der Waals surface area contributed by atoms with Crippen LogP contribution in [0.2, 0.25) is 0 Å². The van der Waals surface area contributed by atoms with Crippen molar-refractivity contribution in [2.24, 2.45) is 0 Å². The minimum Gasteiger partial charge on any atom is -0.467 e. The van der Waals surface area contributed by atoms with E-state index in [-0.39, 0.29) is 6.54 Å². The van der Waals surface area contributed by atoms with Crippen molar-refractivity contribution in [3.63, 3.8) is 0 Å². The lowest BCUT2D eigenvalue weighted by atomic mass is 10.2. The molecule has 1 aliphatic heterocycles. The van der Waals surface area contributed by atoms with E-state index in [0.717, 1.165) is 0 Å². The average molecular weight is 259 g/mol. The second kappa shape index (κ2) is 6.04. The van der Waals surface area contributed by atoms with E-state index in [0.29, 0.717) is 19.6 Å². The van der Waals surface area contributed by atoms with Crippen LogP contribution in [0.3, 0.4) is 0 Å². The molecule has 1 atom stereocenters. The Hall–Kier alpha value is -1.30. The van der Waals surface area contributed by atoms with Crippen molar-refractivity contribution in [2.75, 3.05) is 26.8 Å². The second-order valence-corrected chi connectivity index (χ2v) is 5.16. The predicted octanol–water partition coefficient (Wildman–Crippen LogP) is 1.19. The molecule has 0 radical (unpaired) electrons. The van der Waals surface area contributed by atoms with Crippen LogP contribution >= 0.6 is 0 Å². The van der Waals surface area contributed by atoms with Crippen molar-refractivity contribution in [3.8, 4) is 0 Å². The van der Waals surface area contributed by atoms with E-state index in [2.05, 4.69) is 4.74 Å². The van der Waals surface area contributed by atoms with Crippen LogP contribution in [0.1, 0.15) is 27.2 Å². The van der Waals surface area contributed by atoms with Crippen LogP contribution in [0.15, 0.2) is 0 Å². The fourth-order valence-corrected chi connectivity index (χ4v) is 1.59. The molecular weight excluding hydrogens is 238 g/mol. The summed E-state index contributed by atoms with van der Waals surface area (Å²) in [6, 6.07) is 0. The molecule has 1 aliphatic rings. The first-order valence-electron chi connectivity index (χ1n) is 6.01. The number of methoxy groups -OCH3 is 1. The Morgan fingerprint density at radius 1 is 1.33 bits per heavy atom. The average Bonchev–Trinajstić information content (AvgIpc) is 2.51. The van der Waals surface area contributed by atoms with E-state index in [1.807, 2.05) is 0 Å². The molecule has 0 spiro atoms. The molecule has 0 aliphatic carbocycles. The van der Waals surface area contributed by atoms with Crippen molar-refractivity contribution in [1.82, 2.24) is 4.90 Å². The highest BCUT2D eigenvalue weighted by atomic mass is 16.6. The summed E-state index contributed by atoms with van der Waals surface area (Å²) >= 11 is 0. The Bertz CT molecular complexity index is 310. The summed E-state index contributed by atoms with van der Waals surface area (Å²) in [4.78, 5) is 24.9. The van der Waals surface area contributed by atoms with Crippen molar-refractivity contribution >= 4 is 12.1 Å². The molecule has 0 N–H and O–H groups in total. The fraction of sp³-hybridized carbons (Fsp3) is 0.833. The monoisotopic (exact) mass is 259 g/mol. The molecule has 0 aromatic heterocycles. The summed E-state index contributed by atoms with van der Waals surface area (Å²) in [7, 11) is 1.30. The summed E-state index contributed by atoms with van der Waals surface area (Å²) < 4.78 is 15.2. The molecule has 1 unspecified atom stereocenters. The van der Waals surface area contributed by atoms with Crippen LogP contribution in [-0.4, -0.2) is 55.5 Å². The molecule has 1 amide bonds.